The topological polar surface area (TPSA) is 91.4 Å². The van der Waals surface area contributed by atoms with E-state index in [9.17, 15) is 19.7 Å². The van der Waals surface area contributed by atoms with Crippen LogP contribution >= 0.6 is 11.3 Å². The molecule has 0 radical (unpaired) electrons. The lowest BCUT2D eigenvalue weighted by Crippen LogP contribution is -2.16. The molecule has 0 bridgehead atoms. The molecule has 0 saturated carbocycles. The van der Waals surface area contributed by atoms with Crippen LogP contribution in [0.25, 0.3) is 0 Å². The molecule has 0 aliphatic rings. The van der Waals surface area contributed by atoms with Crippen molar-refractivity contribution in [2.45, 2.75) is 20.4 Å². The molecule has 28 heavy (non-hydrogen) atoms. The zero-order valence-corrected chi connectivity index (χ0v) is 16.2. The number of hydrogen-bond acceptors (Lipinski definition) is 6. The SMILES string of the molecule is Cc1cc(C(=O)COC(=O)c2ccccc2[N+](=O)[O-])c(C)n1Cc1cccs1. The zero-order chi connectivity index (χ0) is 20.3. The number of esters is 1. The van der Waals surface area contributed by atoms with Crippen molar-refractivity contribution in [1.82, 2.24) is 4.57 Å². The molecule has 1 aromatic carbocycles. The molecule has 3 rings (SSSR count). The van der Waals surface area contributed by atoms with Crippen LogP contribution in [0.15, 0.2) is 47.8 Å². The van der Waals surface area contributed by atoms with Gasteiger partial charge in [0.05, 0.1) is 11.5 Å². The number of aryl methyl sites for hydroxylation is 1. The van der Waals surface area contributed by atoms with E-state index in [2.05, 4.69) is 0 Å². The minimum Gasteiger partial charge on any atom is -0.454 e. The van der Waals surface area contributed by atoms with E-state index in [-0.39, 0.29) is 17.0 Å². The molecule has 0 unspecified atom stereocenters. The largest absolute Gasteiger partial charge is 0.454 e. The maximum Gasteiger partial charge on any atom is 0.345 e. The third kappa shape index (κ3) is 4.01. The number of carbonyl (C=O) groups is 2. The van der Waals surface area contributed by atoms with E-state index in [1.807, 2.05) is 35.9 Å². The highest BCUT2D eigenvalue weighted by atomic mass is 32.1. The first-order valence-electron chi connectivity index (χ1n) is 8.51. The van der Waals surface area contributed by atoms with Crippen molar-refractivity contribution in [2.24, 2.45) is 0 Å². The van der Waals surface area contributed by atoms with E-state index in [0.717, 1.165) is 11.4 Å². The lowest BCUT2D eigenvalue weighted by molar-refractivity contribution is -0.385. The molecule has 0 aliphatic carbocycles. The highest BCUT2D eigenvalue weighted by Crippen LogP contribution is 2.21. The normalized spacial score (nSPS) is 10.6. The van der Waals surface area contributed by atoms with Crippen LogP contribution in [0.1, 0.15) is 37.0 Å². The number of hydrogen-bond donors (Lipinski definition) is 0. The summed E-state index contributed by atoms with van der Waals surface area (Å²) >= 11 is 1.64. The van der Waals surface area contributed by atoms with Crippen LogP contribution in [0.5, 0.6) is 0 Å². The van der Waals surface area contributed by atoms with E-state index in [1.54, 1.807) is 17.4 Å². The summed E-state index contributed by atoms with van der Waals surface area (Å²) < 4.78 is 7.08. The van der Waals surface area contributed by atoms with Crippen molar-refractivity contribution in [1.29, 1.82) is 0 Å². The molecular weight excluding hydrogens is 380 g/mol. The number of carbonyl (C=O) groups excluding carboxylic acids is 2. The van der Waals surface area contributed by atoms with E-state index in [0.29, 0.717) is 12.1 Å². The Morgan fingerprint density at radius 3 is 2.57 bits per heavy atom. The Morgan fingerprint density at radius 1 is 1.14 bits per heavy atom. The van der Waals surface area contributed by atoms with Crippen molar-refractivity contribution in [2.75, 3.05) is 6.61 Å². The number of nitro benzene ring substituents is 1. The third-order valence-corrected chi connectivity index (χ3v) is 5.28. The predicted octanol–water partition coefficient (Wildman–Crippen LogP) is 4.16. The van der Waals surface area contributed by atoms with Crippen LogP contribution in [-0.4, -0.2) is 27.8 Å². The Balaban J connectivity index is 1.72. The Labute approximate surface area is 165 Å². The molecular formula is C20H18N2O5S. The molecule has 0 N–H and O–H groups in total. The Morgan fingerprint density at radius 2 is 1.89 bits per heavy atom. The van der Waals surface area contributed by atoms with Gasteiger partial charge < -0.3 is 9.30 Å². The second kappa shape index (κ2) is 8.18. The molecule has 7 nitrogen and oxygen atoms in total. The minimum atomic E-state index is -0.895. The summed E-state index contributed by atoms with van der Waals surface area (Å²) in [7, 11) is 0. The van der Waals surface area contributed by atoms with Gasteiger partial charge in [0, 0.05) is 27.9 Å². The fourth-order valence-corrected chi connectivity index (χ4v) is 3.67. The van der Waals surface area contributed by atoms with Gasteiger partial charge in [0.15, 0.2) is 6.61 Å². The number of benzene rings is 1. The van der Waals surface area contributed by atoms with Crippen molar-refractivity contribution in [3.05, 3.63) is 85.4 Å². The molecule has 0 fully saturated rings. The molecule has 144 valence electrons. The molecule has 0 amide bonds. The first-order valence-corrected chi connectivity index (χ1v) is 9.39. The Hall–Kier alpha value is -3.26. The van der Waals surface area contributed by atoms with Gasteiger partial charge in [-0.15, -0.1) is 11.3 Å². The number of nitrogens with zero attached hydrogens (tertiary/aromatic N) is 2. The number of nitro groups is 1. The summed E-state index contributed by atoms with van der Waals surface area (Å²) in [6.07, 6.45) is 0. The maximum atomic E-state index is 12.6. The van der Waals surface area contributed by atoms with Gasteiger partial charge in [-0.25, -0.2) is 4.79 Å². The number of rotatable bonds is 7. The van der Waals surface area contributed by atoms with Gasteiger partial charge in [0.2, 0.25) is 5.78 Å². The summed E-state index contributed by atoms with van der Waals surface area (Å²) in [6, 6.07) is 11.3. The monoisotopic (exact) mass is 398 g/mol. The van der Waals surface area contributed by atoms with E-state index >= 15 is 0 Å². The highest BCUT2D eigenvalue weighted by Gasteiger charge is 2.23. The fourth-order valence-electron chi connectivity index (χ4n) is 2.98. The number of aromatic nitrogens is 1. The molecule has 2 aromatic heterocycles. The molecule has 8 heteroatoms. The smallest absolute Gasteiger partial charge is 0.345 e. The van der Waals surface area contributed by atoms with E-state index < -0.39 is 17.5 Å². The first kappa shape index (κ1) is 19.5. The van der Waals surface area contributed by atoms with Crippen LogP contribution in [-0.2, 0) is 11.3 Å². The van der Waals surface area contributed by atoms with E-state index in [1.165, 1.54) is 29.1 Å². The average molecular weight is 398 g/mol. The van der Waals surface area contributed by atoms with Crippen LogP contribution in [0.3, 0.4) is 0 Å². The third-order valence-electron chi connectivity index (χ3n) is 4.42. The second-order valence-corrected chi connectivity index (χ2v) is 7.26. The standard InChI is InChI=1S/C20H18N2O5S/c1-13-10-17(14(2)21(13)11-15-6-5-9-28-15)19(23)12-27-20(24)16-7-3-4-8-18(16)22(25)26/h3-10H,11-12H2,1-2H3. The van der Waals surface area contributed by atoms with Crippen molar-refractivity contribution in [3.63, 3.8) is 0 Å². The molecule has 2 heterocycles. The van der Waals surface area contributed by atoms with Gasteiger partial charge in [-0.1, -0.05) is 18.2 Å². The van der Waals surface area contributed by atoms with Gasteiger partial charge in [0.25, 0.3) is 5.69 Å². The lowest BCUT2D eigenvalue weighted by atomic mass is 10.1. The van der Waals surface area contributed by atoms with Gasteiger partial charge in [0.1, 0.15) is 5.56 Å². The van der Waals surface area contributed by atoms with Crippen molar-refractivity contribution >= 4 is 28.8 Å². The fraction of sp³-hybridized carbons (Fsp3) is 0.200. The second-order valence-electron chi connectivity index (χ2n) is 6.22. The van der Waals surface area contributed by atoms with Crippen LogP contribution < -0.4 is 0 Å². The van der Waals surface area contributed by atoms with Crippen LogP contribution in [0.2, 0.25) is 0 Å². The summed E-state index contributed by atoms with van der Waals surface area (Å²) in [6.45, 7) is 3.95. The Bertz CT molecular complexity index is 1040. The quantitative estimate of drug-likeness (QED) is 0.258. The number of ketones is 1. The molecule has 0 atom stereocenters. The molecule has 0 spiro atoms. The molecule has 0 saturated heterocycles. The van der Waals surface area contributed by atoms with Crippen molar-refractivity contribution < 1.29 is 19.2 Å². The first-order chi connectivity index (χ1) is 13.4. The molecule has 3 aromatic rings. The van der Waals surface area contributed by atoms with Gasteiger partial charge >= 0.3 is 5.97 Å². The predicted molar refractivity (Wildman–Crippen MR) is 105 cm³/mol. The lowest BCUT2D eigenvalue weighted by Gasteiger charge is -2.08. The number of ether oxygens (including phenoxy) is 1. The van der Waals surface area contributed by atoms with Crippen LogP contribution in [0.4, 0.5) is 5.69 Å². The van der Waals surface area contributed by atoms with Gasteiger partial charge in [-0.05, 0) is 37.4 Å². The van der Waals surface area contributed by atoms with Crippen LogP contribution in [0, 0.1) is 24.0 Å². The highest BCUT2D eigenvalue weighted by molar-refractivity contribution is 7.09. The number of thiophene rings is 1. The minimum absolute atomic E-state index is 0.177. The summed E-state index contributed by atoms with van der Waals surface area (Å²) in [5, 5.41) is 13.0. The zero-order valence-electron chi connectivity index (χ0n) is 15.4. The van der Waals surface area contributed by atoms with E-state index in [4.69, 9.17) is 4.74 Å². The summed E-state index contributed by atoms with van der Waals surface area (Å²) in [5.74, 6) is -1.24. The average Bonchev–Trinajstić information content (AvgIpc) is 3.29. The summed E-state index contributed by atoms with van der Waals surface area (Å²) in [4.78, 5) is 36.3. The molecule has 0 aliphatic heterocycles. The number of para-hydroxylation sites is 1. The van der Waals surface area contributed by atoms with Gasteiger partial charge in [-0.3, -0.25) is 14.9 Å². The maximum absolute atomic E-state index is 12.6. The summed E-state index contributed by atoms with van der Waals surface area (Å²) in [5.41, 5.74) is 1.67. The van der Waals surface area contributed by atoms with Crippen molar-refractivity contribution in [3.8, 4) is 0 Å². The van der Waals surface area contributed by atoms with Gasteiger partial charge in [-0.2, -0.15) is 0 Å². The Kier molecular flexibility index (Phi) is 5.70. The number of Topliss-reactive ketones (excluding diaryl/α,β-unsaturated/α-hetero) is 1.